The topological polar surface area (TPSA) is 69.6 Å². The van der Waals surface area contributed by atoms with Gasteiger partial charge in [-0.25, -0.2) is 9.18 Å². The molecule has 1 aliphatic rings. The molecule has 2 rings (SSSR count). The van der Waals surface area contributed by atoms with Crippen LogP contribution in [0.15, 0.2) is 18.2 Å². The summed E-state index contributed by atoms with van der Waals surface area (Å²) in [6.07, 6.45) is 1.95. The Morgan fingerprint density at radius 1 is 1.45 bits per heavy atom. The van der Waals surface area contributed by atoms with E-state index in [0.29, 0.717) is 12.5 Å². The van der Waals surface area contributed by atoms with E-state index in [2.05, 4.69) is 5.32 Å². The molecule has 108 valence electrons. The number of nitrogens with zero attached hydrogens (tertiary/aromatic N) is 1. The predicted molar refractivity (Wildman–Crippen MR) is 72.4 cm³/mol. The van der Waals surface area contributed by atoms with Crippen LogP contribution in [0.1, 0.15) is 12.8 Å². The molecule has 0 aromatic heterocycles. The first-order valence-electron chi connectivity index (χ1n) is 6.19. The maximum atomic E-state index is 13.6. The van der Waals surface area contributed by atoms with Crippen molar-refractivity contribution in [1.82, 2.24) is 4.90 Å². The van der Waals surface area contributed by atoms with Crippen molar-refractivity contribution in [1.29, 1.82) is 0 Å². The van der Waals surface area contributed by atoms with Gasteiger partial charge in [0.15, 0.2) is 0 Å². The maximum absolute atomic E-state index is 13.6. The van der Waals surface area contributed by atoms with E-state index in [1.54, 1.807) is 0 Å². The number of aliphatic carboxylic acids is 1. The van der Waals surface area contributed by atoms with Crippen molar-refractivity contribution < 1.29 is 19.1 Å². The molecule has 0 radical (unpaired) electrons. The summed E-state index contributed by atoms with van der Waals surface area (Å²) in [5.74, 6) is -1.44. The zero-order valence-corrected chi connectivity index (χ0v) is 11.4. The van der Waals surface area contributed by atoms with Gasteiger partial charge in [-0.1, -0.05) is 17.7 Å². The molecule has 5 nitrogen and oxygen atoms in total. The van der Waals surface area contributed by atoms with E-state index < -0.39 is 24.4 Å². The number of carboxylic acid groups (broad SMARTS) is 1. The van der Waals surface area contributed by atoms with Gasteiger partial charge in [-0.15, -0.1) is 0 Å². The summed E-state index contributed by atoms with van der Waals surface area (Å²) in [6, 6.07) is 3.38. The molecule has 2 N–H and O–H groups in total. The molecule has 1 aromatic rings. The molecule has 0 atom stereocenters. The lowest BCUT2D eigenvalue weighted by atomic mass is 10.3. The molecule has 7 heteroatoms. The fraction of sp³-hybridized carbons (Fsp3) is 0.385. The van der Waals surface area contributed by atoms with Crippen molar-refractivity contribution in [3.05, 3.63) is 29.0 Å². The highest BCUT2D eigenvalue weighted by molar-refractivity contribution is 6.33. The summed E-state index contributed by atoms with van der Waals surface area (Å²) in [5, 5.41) is 11.2. The number of hydrogen-bond donors (Lipinski definition) is 2. The predicted octanol–water partition coefficient (Wildman–Crippen LogP) is 2.81. The lowest BCUT2D eigenvalue weighted by molar-refractivity contribution is -0.137. The quantitative estimate of drug-likeness (QED) is 0.878. The third kappa shape index (κ3) is 3.84. The molecule has 20 heavy (non-hydrogen) atoms. The van der Waals surface area contributed by atoms with Crippen LogP contribution in [0, 0.1) is 11.7 Å². The molecular formula is C13H14ClFN2O3. The minimum atomic E-state index is -1.11. The zero-order chi connectivity index (χ0) is 14.7. The molecule has 0 saturated heterocycles. The van der Waals surface area contributed by atoms with Crippen LogP contribution in [0.25, 0.3) is 0 Å². The third-order valence-electron chi connectivity index (χ3n) is 2.98. The molecule has 1 aliphatic carbocycles. The Balaban J connectivity index is 2.08. The van der Waals surface area contributed by atoms with Crippen LogP contribution in [0.3, 0.4) is 0 Å². The minimum absolute atomic E-state index is 0.0695. The van der Waals surface area contributed by atoms with Gasteiger partial charge in [-0.05, 0) is 30.9 Å². The number of carbonyl (C=O) groups is 2. The molecule has 0 spiro atoms. The fourth-order valence-corrected chi connectivity index (χ4v) is 2.01. The van der Waals surface area contributed by atoms with Crippen molar-refractivity contribution in [2.75, 3.05) is 18.4 Å². The molecule has 1 aromatic carbocycles. The normalized spacial score (nSPS) is 13.9. The molecule has 1 saturated carbocycles. The second kappa shape index (κ2) is 6.09. The highest BCUT2D eigenvalue weighted by Crippen LogP contribution is 2.30. The lowest BCUT2D eigenvalue weighted by Crippen LogP contribution is -2.40. The second-order valence-electron chi connectivity index (χ2n) is 4.74. The second-order valence-corrected chi connectivity index (χ2v) is 5.15. The SMILES string of the molecule is O=C(O)CN(CC1CC1)C(=O)Nc1c(F)cccc1Cl. The first-order chi connectivity index (χ1) is 9.47. The van der Waals surface area contributed by atoms with Crippen molar-refractivity contribution in [3.63, 3.8) is 0 Å². The number of carbonyl (C=O) groups excluding carboxylic acids is 1. The van der Waals surface area contributed by atoms with Gasteiger partial charge in [0.2, 0.25) is 0 Å². The molecule has 0 bridgehead atoms. The Morgan fingerprint density at radius 2 is 2.15 bits per heavy atom. The highest BCUT2D eigenvalue weighted by Gasteiger charge is 2.28. The van der Waals surface area contributed by atoms with E-state index in [1.165, 1.54) is 18.2 Å². The van der Waals surface area contributed by atoms with Crippen LogP contribution in [0.5, 0.6) is 0 Å². The van der Waals surface area contributed by atoms with Crippen molar-refractivity contribution in [3.8, 4) is 0 Å². The zero-order valence-electron chi connectivity index (χ0n) is 10.6. The van der Waals surface area contributed by atoms with Gasteiger partial charge in [0, 0.05) is 6.54 Å². The van der Waals surface area contributed by atoms with Crippen molar-refractivity contribution in [2.45, 2.75) is 12.8 Å². The Kier molecular flexibility index (Phi) is 4.44. The van der Waals surface area contributed by atoms with Crippen LogP contribution >= 0.6 is 11.6 Å². The van der Waals surface area contributed by atoms with E-state index in [9.17, 15) is 14.0 Å². The van der Waals surface area contributed by atoms with Crippen LogP contribution in [0.4, 0.5) is 14.9 Å². The summed E-state index contributed by atoms with van der Waals surface area (Å²) in [4.78, 5) is 24.0. The van der Waals surface area contributed by atoms with Crippen LogP contribution < -0.4 is 5.32 Å². The van der Waals surface area contributed by atoms with Gasteiger partial charge in [0.1, 0.15) is 12.4 Å². The van der Waals surface area contributed by atoms with Crippen molar-refractivity contribution >= 4 is 29.3 Å². The van der Waals surface area contributed by atoms with E-state index in [4.69, 9.17) is 16.7 Å². The third-order valence-corrected chi connectivity index (χ3v) is 3.30. The number of nitrogens with one attached hydrogen (secondary N) is 1. The van der Waals surface area contributed by atoms with Gasteiger partial charge in [0.05, 0.1) is 10.7 Å². The molecule has 0 aliphatic heterocycles. The van der Waals surface area contributed by atoms with Crippen LogP contribution in [-0.2, 0) is 4.79 Å². The first-order valence-corrected chi connectivity index (χ1v) is 6.57. The molecule has 0 unspecified atom stereocenters. The Bertz CT molecular complexity index is 514. The van der Waals surface area contributed by atoms with Gasteiger partial charge in [-0.2, -0.15) is 0 Å². The van der Waals surface area contributed by atoms with Gasteiger partial charge < -0.3 is 15.3 Å². The minimum Gasteiger partial charge on any atom is -0.480 e. The average molecular weight is 301 g/mol. The number of carboxylic acids is 1. The smallest absolute Gasteiger partial charge is 0.323 e. The number of hydrogen-bond acceptors (Lipinski definition) is 2. The van der Waals surface area contributed by atoms with Crippen LogP contribution in [-0.4, -0.2) is 35.1 Å². The molecule has 0 heterocycles. The van der Waals surface area contributed by atoms with Gasteiger partial charge in [-0.3, -0.25) is 4.79 Å². The maximum Gasteiger partial charge on any atom is 0.323 e. The van der Waals surface area contributed by atoms with E-state index in [-0.39, 0.29) is 10.7 Å². The van der Waals surface area contributed by atoms with E-state index in [0.717, 1.165) is 17.7 Å². The number of rotatable bonds is 5. The largest absolute Gasteiger partial charge is 0.480 e. The van der Waals surface area contributed by atoms with Gasteiger partial charge in [0.25, 0.3) is 0 Å². The van der Waals surface area contributed by atoms with Crippen molar-refractivity contribution in [2.24, 2.45) is 5.92 Å². The summed E-state index contributed by atoms with van der Waals surface area (Å²) >= 11 is 5.81. The van der Waals surface area contributed by atoms with Gasteiger partial charge >= 0.3 is 12.0 Å². The number of benzene rings is 1. The monoisotopic (exact) mass is 300 g/mol. The molecule has 1 fully saturated rings. The molecular weight excluding hydrogens is 287 g/mol. The lowest BCUT2D eigenvalue weighted by Gasteiger charge is -2.21. The molecule has 2 amide bonds. The summed E-state index contributed by atoms with van der Waals surface area (Å²) < 4.78 is 13.6. The number of urea groups is 1. The first kappa shape index (κ1) is 14.6. The standard InChI is InChI=1S/C13H14ClFN2O3/c14-9-2-1-3-10(15)12(9)16-13(20)17(7-11(18)19)6-8-4-5-8/h1-3,8H,4-7H2,(H,16,20)(H,18,19). The number of anilines is 1. The Hall–Kier alpha value is -1.82. The number of amides is 2. The van der Waals surface area contributed by atoms with Crippen LogP contribution in [0.2, 0.25) is 5.02 Å². The number of para-hydroxylation sites is 1. The average Bonchev–Trinajstić information content (AvgIpc) is 3.16. The Morgan fingerprint density at radius 3 is 2.70 bits per heavy atom. The fourth-order valence-electron chi connectivity index (χ4n) is 1.80. The summed E-state index contributed by atoms with van der Waals surface area (Å²) in [6.45, 7) is -0.0708. The highest BCUT2D eigenvalue weighted by atomic mass is 35.5. The Labute approximate surface area is 120 Å². The summed E-state index contributed by atoms with van der Waals surface area (Å²) in [5.41, 5.74) is -0.134. The number of halogens is 2. The summed E-state index contributed by atoms with van der Waals surface area (Å²) in [7, 11) is 0. The van der Waals surface area contributed by atoms with E-state index >= 15 is 0 Å². The van der Waals surface area contributed by atoms with E-state index in [1.807, 2.05) is 0 Å².